The summed E-state index contributed by atoms with van der Waals surface area (Å²) in [5.41, 5.74) is 4.22. The second kappa shape index (κ2) is 7.08. The molecule has 0 bridgehead atoms. The van der Waals surface area contributed by atoms with Crippen LogP contribution in [0.15, 0.2) is 60.9 Å². The molecule has 2 rings (SSSR count). The Morgan fingerprint density at radius 1 is 1.21 bits per heavy atom. The summed E-state index contributed by atoms with van der Waals surface area (Å²) >= 11 is 0. The Kier molecular flexibility index (Phi) is 4.84. The molecule has 0 unspecified atom stereocenters. The molecular weight excluding hydrogens is 240 g/mol. The SMILES string of the molecule is O=C(/C=C/c1cccnc1)NOCc1ccccc1. The molecule has 1 N–H and O–H groups in total. The van der Waals surface area contributed by atoms with Crippen LogP contribution in [0.1, 0.15) is 11.1 Å². The Hall–Kier alpha value is -2.46. The van der Waals surface area contributed by atoms with Crippen LogP contribution in [0.4, 0.5) is 0 Å². The van der Waals surface area contributed by atoms with E-state index < -0.39 is 0 Å². The quantitative estimate of drug-likeness (QED) is 0.658. The summed E-state index contributed by atoms with van der Waals surface area (Å²) in [5, 5.41) is 0. The van der Waals surface area contributed by atoms with E-state index in [1.165, 1.54) is 6.08 Å². The molecule has 96 valence electrons. The molecule has 19 heavy (non-hydrogen) atoms. The van der Waals surface area contributed by atoms with Gasteiger partial charge in [0.1, 0.15) is 0 Å². The van der Waals surface area contributed by atoms with E-state index in [1.54, 1.807) is 18.5 Å². The van der Waals surface area contributed by atoms with Gasteiger partial charge in [-0.1, -0.05) is 36.4 Å². The van der Waals surface area contributed by atoms with Gasteiger partial charge in [-0.25, -0.2) is 5.48 Å². The van der Waals surface area contributed by atoms with Gasteiger partial charge in [0, 0.05) is 18.5 Å². The zero-order valence-corrected chi connectivity index (χ0v) is 10.3. The number of carbonyl (C=O) groups excluding carboxylic acids is 1. The van der Waals surface area contributed by atoms with Crippen LogP contribution in [-0.4, -0.2) is 10.9 Å². The van der Waals surface area contributed by atoms with Crippen molar-refractivity contribution in [3.05, 3.63) is 72.1 Å². The van der Waals surface area contributed by atoms with Crippen molar-refractivity contribution >= 4 is 12.0 Å². The summed E-state index contributed by atoms with van der Waals surface area (Å²) in [6.45, 7) is 0.341. The van der Waals surface area contributed by atoms with Crippen LogP contribution in [0.25, 0.3) is 6.08 Å². The highest BCUT2D eigenvalue weighted by Gasteiger charge is 1.96. The molecule has 0 aliphatic rings. The second-order valence-corrected chi connectivity index (χ2v) is 3.86. The number of pyridine rings is 1. The lowest BCUT2D eigenvalue weighted by Gasteiger charge is -2.03. The van der Waals surface area contributed by atoms with Gasteiger partial charge in [0.05, 0.1) is 6.61 Å². The summed E-state index contributed by atoms with van der Waals surface area (Å²) in [6.07, 6.45) is 6.44. The van der Waals surface area contributed by atoms with Crippen molar-refractivity contribution < 1.29 is 9.63 Å². The van der Waals surface area contributed by atoms with Gasteiger partial charge in [-0.2, -0.15) is 0 Å². The predicted octanol–water partition coefficient (Wildman–Crippen LogP) is 2.34. The number of aromatic nitrogens is 1. The van der Waals surface area contributed by atoms with Gasteiger partial charge in [-0.3, -0.25) is 14.6 Å². The maximum absolute atomic E-state index is 11.5. The molecule has 0 spiro atoms. The fourth-order valence-electron chi connectivity index (χ4n) is 1.45. The Morgan fingerprint density at radius 3 is 2.79 bits per heavy atom. The molecule has 0 aliphatic carbocycles. The first-order valence-electron chi connectivity index (χ1n) is 5.88. The van der Waals surface area contributed by atoms with E-state index >= 15 is 0 Å². The van der Waals surface area contributed by atoms with Crippen LogP contribution in [0.3, 0.4) is 0 Å². The van der Waals surface area contributed by atoms with Crippen molar-refractivity contribution in [3.63, 3.8) is 0 Å². The van der Waals surface area contributed by atoms with Crippen molar-refractivity contribution in [2.75, 3.05) is 0 Å². The highest BCUT2D eigenvalue weighted by Crippen LogP contribution is 2.00. The molecule has 0 fully saturated rings. The molecule has 0 saturated heterocycles. The molecule has 4 heteroatoms. The summed E-state index contributed by atoms with van der Waals surface area (Å²) < 4.78 is 0. The molecule has 4 nitrogen and oxygen atoms in total. The van der Waals surface area contributed by atoms with E-state index in [4.69, 9.17) is 4.84 Å². The average Bonchev–Trinajstić information content (AvgIpc) is 2.47. The molecule has 0 aliphatic heterocycles. The topological polar surface area (TPSA) is 51.2 Å². The number of hydrogen-bond donors (Lipinski definition) is 1. The minimum absolute atomic E-state index is 0.306. The minimum Gasteiger partial charge on any atom is -0.269 e. The van der Waals surface area contributed by atoms with Crippen molar-refractivity contribution in [1.29, 1.82) is 0 Å². The molecule has 1 amide bonds. The van der Waals surface area contributed by atoms with Crippen LogP contribution in [0, 0.1) is 0 Å². The number of hydrogen-bond acceptors (Lipinski definition) is 3. The maximum atomic E-state index is 11.5. The highest BCUT2D eigenvalue weighted by atomic mass is 16.6. The Bertz CT molecular complexity index is 539. The van der Waals surface area contributed by atoms with E-state index in [1.807, 2.05) is 42.5 Å². The Balaban J connectivity index is 1.75. The van der Waals surface area contributed by atoms with Gasteiger partial charge >= 0.3 is 0 Å². The third kappa shape index (κ3) is 4.73. The smallest absolute Gasteiger partial charge is 0.267 e. The van der Waals surface area contributed by atoms with Gasteiger partial charge in [0.15, 0.2) is 0 Å². The molecule has 2 aromatic rings. The first kappa shape index (κ1) is 13.0. The lowest BCUT2D eigenvalue weighted by Crippen LogP contribution is -2.21. The van der Waals surface area contributed by atoms with Gasteiger partial charge in [0.25, 0.3) is 5.91 Å². The third-order valence-corrected chi connectivity index (χ3v) is 2.37. The molecule has 0 saturated carbocycles. The lowest BCUT2D eigenvalue weighted by atomic mass is 10.2. The number of rotatable bonds is 5. The zero-order chi connectivity index (χ0) is 13.3. The average molecular weight is 254 g/mol. The maximum Gasteiger partial charge on any atom is 0.267 e. The minimum atomic E-state index is -0.306. The number of nitrogens with one attached hydrogen (secondary N) is 1. The molecule has 0 radical (unpaired) electrons. The van der Waals surface area contributed by atoms with E-state index in [-0.39, 0.29) is 5.91 Å². The lowest BCUT2D eigenvalue weighted by molar-refractivity contribution is -0.129. The molecular formula is C15H14N2O2. The zero-order valence-electron chi connectivity index (χ0n) is 10.3. The molecule has 1 heterocycles. The summed E-state index contributed by atoms with van der Waals surface area (Å²) in [6, 6.07) is 13.3. The first-order chi connectivity index (χ1) is 9.34. The fourth-order valence-corrected chi connectivity index (χ4v) is 1.45. The van der Waals surface area contributed by atoms with E-state index in [0.717, 1.165) is 11.1 Å². The molecule has 1 aromatic heterocycles. The first-order valence-corrected chi connectivity index (χ1v) is 5.88. The van der Waals surface area contributed by atoms with Gasteiger partial charge in [-0.05, 0) is 23.3 Å². The highest BCUT2D eigenvalue weighted by molar-refractivity contribution is 5.90. The number of amides is 1. The Labute approximate surface area is 111 Å². The largest absolute Gasteiger partial charge is 0.269 e. The van der Waals surface area contributed by atoms with Crippen molar-refractivity contribution in [3.8, 4) is 0 Å². The Morgan fingerprint density at radius 2 is 2.05 bits per heavy atom. The second-order valence-electron chi connectivity index (χ2n) is 3.86. The standard InChI is InChI=1S/C15H14N2O2/c18-15(9-8-13-7-4-10-16-11-13)17-19-12-14-5-2-1-3-6-14/h1-11H,12H2,(H,17,18)/b9-8+. The van der Waals surface area contributed by atoms with Crippen LogP contribution in [0.5, 0.6) is 0 Å². The molecule has 1 aromatic carbocycles. The van der Waals surface area contributed by atoms with Crippen molar-refractivity contribution in [2.45, 2.75) is 6.61 Å². The monoisotopic (exact) mass is 254 g/mol. The van der Waals surface area contributed by atoms with E-state index in [9.17, 15) is 4.79 Å². The predicted molar refractivity (Wildman–Crippen MR) is 72.6 cm³/mol. The van der Waals surface area contributed by atoms with Crippen LogP contribution in [-0.2, 0) is 16.2 Å². The number of nitrogens with zero attached hydrogens (tertiary/aromatic N) is 1. The number of hydroxylamine groups is 1. The van der Waals surface area contributed by atoms with E-state index in [0.29, 0.717) is 6.61 Å². The van der Waals surface area contributed by atoms with Crippen LogP contribution in [0.2, 0.25) is 0 Å². The summed E-state index contributed by atoms with van der Waals surface area (Å²) in [5.74, 6) is -0.306. The normalized spacial score (nSPS) is 10.5. The van der Waals surface area contributed by atoms with Gasteiger partial charge in [-0.15, -0.1) is 0 Å². The fraction of sp³-hybridized carbons (Fsp3) is 0.0667. The molecule has 0 atom stereocenters. The van der Waals surface area contributed by atoms with E-state index in [2.05, 4.69) is 10.5 Å². The van der Waals surface area contributed by atoms with Gasteiger partial charge < -0.3 is 0 Å². The van der Waals surface area contributed by atoms with Crippen molar-refractivity contribution in [2.24, 2.45) is 0 Å². The number of carbonyl (C=O) groups is 1. The van der Waals surface area contributed by atoms with Crippen molar-refractivity contribution in [1.82, 2.24) is 10.5 Å². The van der Waals surface area contributed by atoms with Crippen LogP contribution < -0.4 is 5.48 Å². The number of benzene rings is 1. The van der Waals surface area contributed by atoms with Crippen LogP contribution >= 0.6 is 0 Å². The summed E-state index contributed by atoms with van der Waals surface area (Å²) in [4.78, 5) is 20.5. The summed E-state index contributed by atoms with van der Waals surface area (Å²) in [7, 11) is 0. The third-order valence-electron chi connectivity index (χ3n) is 2.37. The van der Waals surface area contributed by atoms with Gasteiger partial charge in [0.2, 0.25) is 0 Å².